The van der Waals surface area contributed by atoms with E-state index in [2.05, 4.69) is 10.6 Å². The largest absolute Gasteiger partial charge is 0.484 e. The predicted molar refractivity (Wildman–Crippen MR) is 111 cm³/mol. The van der Waals surface area contributed by atoms with Crippen molar-refractivity contribution in [2.24, 2.45) is 0 Å². The molecule has 5 nitrogen and oxygen atoms in total. The molecule has 28 heavy (non-hydrogen) atoms. The van der Waals surface area contributed by atoms with Gasteiger partial charge in [0.1, 0.15) is 5.75 Å². The van der Waals surface area contributed by atoms with Crippen LogP contribution in [0.4, 0.5) is 11.4 Å². The molecule has 0 heterocycles. The number of rotatable bonds is 7. The number of carbonyl (C=O) groups is 2. The Morgan fingerprint density at radius 3 is 2.14 bits per heavy atom. The van der Waals surface area contributed by atoms with Crippen LogP contribution in [0.15, 0.2) is 78.9 Å². The molecule has 0 fully saturated rings. The lowest BCUT2D eigenvalue weighted by Crippen LogP contribution is -2.20. The lowest BCUT2D eigenvalue weighted by molar-refractivity contribution is -0.118. The molecule has 0 saturated carbocycles. The van der Waals surface area contributed by atoms with Gasteiger partial charge in [0.2, 0.25) is 5.91 Å². The second-order valence-corrected chi connectivity index (χ2v) is 6.38. The third-order valence-corrected chi connectivity index (χ3v) is 4.16. The van der Waals surface area contributed by atoms with Crippen molar-refractivity contribution in [1.82, 2.24) is 0 Å². The van der Waals surface area contributed by atoms with Crippen LogP contribution in [0.1, 0.15) is 11.1 Å². The van der Waals surface area contributed by atoms with E-state index in [0.29, 0.717) is 23.5 Å². The first-order valence-electron chi connectivity index (χ1n) is 9.02. The molecule has 0 aliphatic rings. The van der Waals surface area contributed by atoms with E-state index in [1.165, 1.54) is 0 Å². The normalized spacial score (nSPS) is 10.2. The fourth-order valence-electron chi connectivity index (χ4n) is 2.72. The molecule has 0 aromatic heterocycles. The van der Waals surface area contributed by atoms with Crippen LogP contribution in [-0.2, 0) is 16.0 Å². The van der Waals surface area contributed by atoms with Gasteiger partial charge in [-0.1, -0.05) is 48.5 Å². The van der Waals surface area contributed by atoms with Crippen molar-refractivity contribution in [2.45, 2.75) is 13.3 Å². The Morgan fingerprint density at radius 1 is 0.786 bits per heavy atom. The van der Waals surface area contributed by atoms with Gasteiger partial charge in [0.15, 0.2) is 6.61 Å². The lowest BCUT2D eigenvalue weighted by atomic mass is 10.1. The highest BCUT2D eigenvalue weighted by Crippen LogP contribution is 2.16. The number of nitrogens with one attached hydrogen (secondary N) is 2. The summed E-state index contributed by atoms with van der Waals surface area (Å²) in [5.74, 6) is 0.257. The zero-order valence-corrected chi connectivity index (χ0v) is 15.6. The molecule has 0 aliphatic carbocycles. The van der Waals surface area contributed by atoms with E-state index < -0.39 is 0 Å². The van der Waals surface area contributed by atoms with Gasteiger partial charge < -0.3 is 15.4 Å². The average Bonchev–Trinajstić information content (AvgIpc) is 2.69. The average molecular weight is 374 g/mol. The van der Waals surface area contributed by atoms with Gasteiger partial charge in [0.05, 0.1) is 6.42 Å². The molecule has 0 unspecified atom stereocenters. The predicted octanol–water partition coefficient (Wildman–Crippen LogP) is 4.19. The molecule has 0 atom stereocenters. The minimum atomic E-state index is -0.271. The Kier molecular flexibility index (Phi) is 6.41. The molecule has 0 aliphatic heterocycles. The molecule has 5 heteroatoms. The maximum atomic E-state index is 12.3. The SMILES string of the molecule is Cc1ccccc1CC(=O)Nc1cccc(NC(=O)COc2ccccc2)c1. The molecule has 2 amide bonds. The highest BCUT2D eigenvalue weighted by molar-refractivity contribution is 5.95. The summed E-state index contributed by atoms with van der Waals surface area (Å²) < 4.78 is 5.43. The number of hydrogen-bond donors (Lipinski definition) is 2. The van der Waals surface area contributed by atoms with Gasteiger partial charge in [0.25, 0.3) is 5.91 Å². The van der Waals surface area contributed by atoms with Gasteiger partial charge in [0, 0.05) is 11.4 Å². The smallest absolute Gasteiger partial charge is 0.262 e. The highest BCUT2D eigenvalue weighted by atomic mass is 16.5. The Bertz CT molecular complexity index is 955. The Labute approximate surface area is 164 Å². The monoisotopic (exact) mass is 374 g/mol. The molecule has 142 valence electrons. The van der Waals surface area contributed by atoms with E-state index in [9.17, 15) is 9.59 Å². The number of anilines is 2. The van der Waals surface area contributed by atoms with Crippen molar-refractivity contribution in [3.63, 3.8) is 0 Å². The molecular weight excluding hydrogens is 352 g/mol. The Hall–Kier alpha value is -3.60. The van der Waals surface area contributed by atoms with Crippen molar-refractivity contribution in [2.75, 3.05) is 17.2 Å². The molecule has 0 radical (unpaired) electrons. The van der Waals surface area contributed by atoms with Crippen molar-refractivity contribution >= 4 is 23.2 Å². The summed E-state index contributed by atoms with van der Waals surface area (Å²) in [6.07, 6.45) is 0.300. The third kappa shape index (κ3) is 5.71. The van der Waals surface area contributed by atoms with Crippen LogP contribution in [0, 0.1) is 6.92 Å². The fraction of sp³-hybridized carbons (Fsp3) is 0.130. The van der Waals surface area contributed by atoms with Crippen molar-refractivity contribution in [3.05, 3.63) is 90.0 Å². The van der Waals surface area contributed by atoms with Gasteiger partial charge in [-0.2, -0.15) is 0 Å². The molecule has 0 bridgehead atoms. The molecule has 3 aromatic rings. The third-order valence-electron chi connectivity index (χ3n) is 4.16. The first-order chi connectivity index (χ1) is 13.6. The lowest BCUT2D eigenvalue weighted by Gasteiger charge is -2.10. The Morgan fingerprint density at radius 2 is 1.43 bits per heavy atom. The zero-order chi connectivity index (χ0) is 19.8. The maximum absolute atomic E-state index is 12.3. The second kappa shape index (κ2) is 9.37. The maximum Gasteiger partial charge on any atom is 0.262 e. The van der Waals surface area contributed by atoms with Gasteiger partial charge in [-0.05, 0) is 48.4 Å². The van der Waals surface area contributed by atoms with Crippen LogP contribution in [-0.4, -0.2) is 18.4 Å². The van der Waals surface area contributed by atoms with Crippen LogP contribution < -0.4 is 15.4 Å². The second-order valence-electron chi connectivity index (χ2n) is 6.38. The molecular formula is C23H22N2O3. The molecule has 3 rings (SSSR count). The van der Waals surface area contributed by atoms with E-state index in [4.69, 9.17) is 4.74 Å². The standard InChI is InChI=1S/C23H22N2O3/c1-17-8-5-6-9-18(17)14-22(26)24-19-10-7-11-20(15-19)25-23(27)16-28-21-12-3-2-4-13-21/h2-13,15H,14,16H2,1H3,(H,24,26)(H,25,27). The fourth-order valence-corrected chi connectivity index (χ4v) is 2.72. The van der Waals surface area contributed by atoms with Crippen LogP contribution in [0.5, 0.6) is 5.75 Å². The van der Waals surface area contributed by atoms with Crippen LogP contribution in [0.3, 0.4) is 0 Å². The summed E-state index contributed by atoms with van der Waals surface area (Å²) in [7, 11) is 0. The highest BCUT2D eigenvalue weighted by Gasteiger charge is 2.08. The van der Waals surface area contributed by atoms with Gasteiger partial charge in [-0.3, -0.25) is 9.59 Å². The van der Waals surface area contributed by atoms with Crippen LogP contribution >= 0.6 is 0 Å². The first-order valence-corrected chi connectivity index (χ1v) is 9.02. The topological polar surface area (TPSA) is 67.4 Å². The number of benzene rings is 3. The van der Waals surface area contributed by atoms with Gasteiger partial charge >= 0.3 is 0 Å². The van der Waals surface area contributed by atoms with Gasteiger partial charge in [-0.15, -0.1) is 0 Å². The number of para-hydroxylation sites is 1. The van der Waals surface area contributed by atoms with E-state index >= 15 is 0 Å². The molecule has 0 spiro atoms. The summed E-state index contributed by atoms with van der Waals surface area (Å²) >= 11 is 0. The van der Waals surface area contributed by atoms with Gasteiger partial charge in [-0.25, -0.2) is 0 Å². The number of hydrogen-bond acceptors (Lipinski definition) is 3. The number of carbonyl (C=O) groups excluding carboxylic acids is 2. The van der Waals surface area contributed by atoms with Crippen LogP contribution in [0.25, 0.3) is 0 Å². The first kappa shape index (κ1) is 19.2. The molecule has 3 aromatic carbocycles. The summed E-state index contributed by atoms with van der Waals surface area (Å²) in [5, 5.41) is 5.64. The van der Waals surface area contributed by atoms with Crippen LogP contribution in [0.2, 0.25) is 0 Å². The van der Waals surface area contributed by atoms with E-state index in [1.807, 2.05) is 49.4 Å². The van der Waals surface area contributed by atoms with E-state index in [1.54, 1.807) is 36.4 Å². The Balaban J connectivity index is 1.54. The summed E-state index contributed by atoms with van der Waals surface area (Å²) in [6.45, 7) is 1.89. The number of amides is 2. The van der Waals surface area contributed by atoms with E-state index in [-0.39, 0.29) is 18.4 Å². The zero-order valence-electron chi connectivity index (χ0n) is 15.6. The van der Waals surface area contributed by atoms with Crippen molar-refractivity contribution in [1.29, 1.82) is 0 Å². The minimum Gasteiger partial charge on any atom is -0.484 e. The quantitative estimate of drug-likeness (QED) is 0.651. The molecule has 0 saturated heterocycles. The summed E-state index contributed by atoms with van der Waals surface area (Å²) in [5.41, 5.74) is 3.29. The van der Waals surface area contributed by atoms with Crippen molar-refractivity contribution in [3.8, 4) is 5.75 Å². The minimum absolute atomic E-state index is 0.0894. The number of aryl methyl sites for hydroxylation is 1. The number of ether oxygens (including phenoxy) is 1. The summed E-state index contributed by atoms with van der Waals surface area (Å²) in [6, 6.07) is 24.0. The summed E-state index contributed by atoms with van der Waals surface area (Å²) in [4.78, 5) is 24.4. The molecule has 2 N–H and O–H groups in total. The van der Waals surface area contributed by atoms with Crippen molar-refractivity contribution < 1.29 is 14.3 Å². The van der Waals surface area contributed by atoms with E-state index in [0.717, 1.165) is 11.1 Å².